The first-order valence-electron chi connectivity index (χ1n) is 10.9. The minimum Gasteiger partial charge on any atom is -0.482 e. The van der Waals surface area contributed by atoms with Crippen molar-refractivity contribution in [2.24, 2.45) is 0 Å². The number of carbonyl (C=O) groups excluding carboxylic acids is 1. The summed E-state index contributed by atoms with van der Waals surface area (Å²) in [6, 6.07) is 12.4. The van der Waals surface area contributed by atoms with Crippen molar-refractivity contribution < 1.29 is 14.1 Å². The summed E-state index contributed by atoms with van der Waals surface area (Å²) in [5, 5.41) is 7.28. The van der Waals surface area contributed by atoms with Gasteiger partial charge in [0, 0.05) is 12.1 Å². The van der Waals surface area contributed by atoms with E-state index in [-0.39, 0.29) is 12.5 Å². The maximum absolute atomic E-state index is 11.6. The average molecular weight is 418 g/mol. The Kier molecular flexibility index (Phi) is 5.24. The molecule has 0 spiro atoms. The first-order valence-corrected chi connectivity index (χ1v) is 10.9. The number of benzene rings is 2. The summed E-state index contributed by atoms with van der Waals surface area (Å²) < 4.78 is 11.3. The quantitative estimate of drug-likeness (QED) is 0.651. The molecule has 1 aromatic heterocycles. The van der Waals surface area contributed by atoms with E-state index in [4.69, 9.17) is 9.26 Å². The zero-order valence-electron chi connectivity index (χ0n) is 18.0. The molecule has 2 aliphatic heterocycles. The van der Waals surface area contributed by atoms with Crippen LogP contribution in [0.3, 0.4) is 0 Å². The highest BCUT2D eigenvalue weighted by Gasteiger charge is 2.22. The van der Waals surface area contributed by atoms with Gasteiger partial charge in [-0.15, -0.1) is 0 Å². The van der Waals surface area contributed by atoms with E-state index in [9.17, 15) is 4.79 Å². The van der Waals surface area contributed by atoms with Crippen LogP contribution in [-0.2, 0) is 11.3 Å². The van der Waals surface area contributed by atoms with Gasteiger partial charge < -0.3 is 14.6 Å². The average Bonchev–Trinajstić information content (AvgIpc) is 3.16. The standard InChI is InChI=1S/C25H27N3O3/c1-16-6-7-18(14-28-10-4-3-5-11-28)12-20(16)25-24(17(2)31-27-25)19-8-9-21-22(13-19)30-15-23(29)26-21/h6-9,12-13H,3-5,10-11,14-15H2,1-2H3,(H,26,29). The molecule has 2 aliphatic rings. The molecule has 160 valence electrons. The summed E-state index contributed by atoms with van der Waals surface area (Å²) in [7, 11) is 0. The van der Waals surface area contributed by atoms with Crippen LogP contribution < -0.4 is 10.1 Å². The number of rotatable bonds is 4. The van der Waals surface area contributed by atoms with Gasteiger partial charge in [0.05, 0.1) is 11.3 Å². The monoisotopic (exact) mass is 417 g/mol. The molecule has 0 saturated carbocycles. The molecule has 5 rings (SSSR count). The number of carbonyl (C=O) groups is 1. The number of amides is 1. The van der Waals surface area contributed by atoms with Crippen molar-refractivity contribution in [1.82, 2.24) is 10.1 Å². The van der Waals surface area contributed by atoms with Gasteiger partial charge in [-0.25, -0.2) is 0 Å². The van der Waals surface area contributed by atoms with E-state index >= 15 is 0 Å². The Hall–Kier alpha value is -3.12. The van der Waals surface area contributed by atoms with Crippen molar-refractivity contribution in [2.45, 2.75) is 39.7 Å². The second-order valence-corrected chi connectivity index (χ2v) is 8.50. The van der Waals surface area contributed by atoms with E-state index in [1.165, 1.54) is 43.5 Å². The molecule has 2 aromatic carbocycles. The maximum Gasteiger partial charge on any atom is 0.262 e. The van der Waals surface area contributed by atoms with Gasteiger partial charge in [-0.05, 0) is 74.7 Å². The summed E-state index contributed by atoms with van der Waals surface area (Å²) in [5.41, 5.74) is 7.01. The van der Waals surface area contributed by atoms with Crippen LogP contribution >= 0.6 is 0 Å². The molecule has 6 nitrogen and oxygen atoms in total. The van der Waals surface area contributed by atoms with Gasteiger partial charge in [0.15, 0.2) is 6.61 Å². The molecule has 0 radical (unpaired) electrons. The van der Waals surface area contributed by atoms with Crippen LogP contribution in [0.15, 0.2) is 40.9 Å². The molecule has 0 unspecified atom stereocenters. The Bertz CT molecular complexity index is 1130. The highest BCUT2D eigenvalue weighted by Crippen LogP contribution is 2.40. The van der Waals surface area contributed by atoms with E-state index in [0.717, 1.165) is 34.7 Å². The Balaban J connectivity index is 1.51. The molecular formula is C25H27N3O3. The second-order valence-electron chi connectivity index (χ2n) is 8.50. The van der Waals surface area contributed by atoms with Crippen molar-refractivity contribution in [1.29, 1.82) is 0 Å². The van der Waals surface area contributed by atoms with Crippen molar-refractivity contribution in [3.05, 3.63) is 53.3 Å². The smallest absolute Gasteiger partial charge is 0.262 e. The number of piperidine rings is 1. The van der Waals surface area contributed by atoms with Crippen LogP contribution in [0.1, 0.15) is 36.1 Å². The Labute approximate surface area is 182 Å². The minimum atomic E-state index is -0.136. The van der Waals surface area contributed by atoms with Gasteiger partial charge in [-0.2, -0.15) is 0 Å². The van der Waals surface area contributed by atoms with E-state index in [1.54, 1.807) is 0 Å². The van der Waals surface area contributed by atoms with Crippen molar-refractivity contribution >= 4 is 11.6 Å². The number of fused-ring (bicyclic) bond motifs is 1. The first kappa shape index (κ1) is 19.8. The fourth-order valence-corrected chi connectivity index (χ4v) is 4.52. The fourth-order valence-electron chi connectivity index (χ4n) is 4.52. The SMILES string of the molecule is Cc1ccc(CN2CCCCC2)cc1-c1noc(C)c1-c1ccc2c(c1)OCC(=O)N2. The normalized spacial score (nSPS) is 16.5. The lowest BCUT2D eigenvalue weighted by Gasteiger charge is -2.26. The van der Waals surface area contributed by atoms with Crippen molar-refractivity contribution in [2.75, 3.05) is 25.0 Å². The zero-order valence-corrected chi connectivity index (χ0v) is 18.0. The van der Waals surface area contributed by atoms with E-state index in [0.29, 0.717) is 11.4 Å². The molecule has 0 bridgehead atoms. The molecule has 31 heavy (non-hydrogen) atoms. The molecule has 1 amide bonds. The summed E-state index contributed by atoms with van der Waals surface area (Å²) in [4.78, 5) is 14.1. The predicted molar refractivity (Wildman–Crippen MR) is 120 cm³/mol. The van der Waals surface area contributed by atoms with Gasteiger partial charge in [0.25, 0.3) is 5.91 Å². The van der Waals surface area contributed by atoms with Gasteiger partial charge >= 0.3 is 0 Å². The lowest BCUT2D eigenvalue weighted by Crippen LogP contribution is -2.29. The molecule has 0 atom stereocenters. The van der Waals surface area contributed by atoms with Crippen LogP contribution in [-0.4, -0.2) is 35.7 Å². The number of nitrogens with zero attached hydrogens (tertiary/aromatic N) is 2. The van der Waals surface area contributed by atoms with Crippen LogP contribution in [0.2, 0.25) is 0 Å². The summed E-state index contributed by atoms with van der Waals surface area (Å²) >= 11 is 0. The predicted octanol–water partition coefficient (Wildman–Crippen LogP) is 4.94. The van der Waals surface area contributed by atoms with E-state index in [2.05, 4.69) is 40.5 Å². The highest BCUT2D eigenvalue weighted by atomic mass is 16.5. The number of nitrogens with one attached hydrogen (secondary N) is 1. The lowest BCUT2D eigenvalue weighted by molar-refractivity contribution is -0.118. The number of likely N-dealkylation sites (tertiary alicyclic amines) is 1. The van der Waals surface area contributed by atoms with Crippen LogP contribution in [0.5, 0.6) is 5.75 Å². The topological polar surface area (TPSA) is 67.6 Å². The van der Waals surface area contributed by atoms with Crippen molar-refractivity contribution in [3.8, 4) is 28.1 Å². The number of aromatic nitrogens is 1. The van der Waals surface area contributed by atoms with E-state index < -0.39 is 0 Å². The molecule has 3 heterocycles. The number of aryl methyl sites for hydroxylation is 2. The van der Waals surface area contributed by atoms with Gasteiger partial charge in [-0.1, -0.05) is 29.8 Å². The fraction of sp³-hybridized carbons (Fsp3) is 0.360. The van der Waals surface area contributed by atoms with E-state index in [1.807, 2.05) is 25.1 Å². The molecule has 6 heteroatoms. The number of anilines is 1. The summed E-state index contributed by atoms with van der Waals surface area (Å²) in [5.74, 6) is 1.29. The van der Waals surface area contributed by atoms with Gasteiger partial charge in [-0.3, -0.25) is 9.69 Å². The zero-order chi connectivity index (χ0) is 21.4. The van der Waals surface area contributed by atoms with Gasteiger partial charge in [0.2, 0.25) is 0 Å². The molecule has 3 aromatic rings. The first-order chi connectivity index (χ1) is 15.1. The molecule has 1 N–H and O–H groups in total. The van der Waals surface area contributed by atoms with Crippen LogP contribution in [0.25, 0.3) is 22.4 Å². The molecule has 0 aliphatic carbocycles. The molecule has 1 saturated heterocycles. The van der Waals surface area contributed by atoms with Gasteiger partial charge in [0.1, 0.15) is 17.2 Å². The Morgan fingerprint density at radius 1 is 1.06 bits per heavy atom. The number of ether oxygens (including phenoxy) is 1. The second kappa shape index (κ2) is 8.19. The maximum atomic E-state index is 11.6. The third-order valence-corrected chi connectivity index (χ3v) is 6.18. The van der Waals surface area contributed by atoms with Crippen molar-refractivity contribution in [3.63, 3.8) is 0 Å². The molecular weight excluding hydrogens is 390 g/mol. The Morgan fingerprint density at radius 3 is 2.74 bits per heavy atom. The van der Waals surface area contributed by atoms with Crippen LogP contribution in [0.4, 0.5) is 5.69 Å². The third-order valence-electron chi connectivity index (χ3n) is 6.18. The largest absolute Gasteiger partial charge is 0.482 e. The number of hydrogen-bond acceptors (Lipinski definition) is 5. The lowest BCUT2D eigenvalue weighted by atomic mass is 9.95. The molecule has 1 fully saturated rings. The minimum absolute atomic E-state index is 0.0313. The number of hydrogen-bond donors (Lipinski definition) is 1. The summed E-state index contributed by atoms with van der Waals surface area (Å²) in [6.07, 6.45) is 3.91. The summed E-state index contributed by atoms with van der Waals surface area (Å²) in [6.45, 7) is 7.38. The highest BCUT2D eigenvalue weighted by molar-refractivity contribution is 5.96. The third kappa shape index (κ3) is 3.95. The Morgan fingerprint density at radius 2 is 1.90 bits per heavy atom. The van der Waals surface area contributed by atoms with Crippen LogP contribution in [0, 0.1) is 13.8 Å².